The van der Waals surface area contributed by atoms with Crippen LogP contribution in [0.25, 0.3) is 0 Å². The molecule has 20 heavy (non-hydrogen) atoms. The second-order valence-corrected chi connectivity index (χ2v) is 5.54. The molecule has 1 amide bonds. The van der Waals surface area contributed by atoms with Crippen molar-refractivity contribution >= 4 is 12.1 Å². The first-order valence-corrected chi connectivity index (χ1v) is 6.62. The maximum absolute atomic E-state index is 12.0. The molecule has 0 aliphatic carbocycles. The number of ether oxygens (including phenoxy) is 1. The van der Waals surface area contributed by atoms with Gasteiger partial charge in [0.15, 0.2) is 0 Å². The number of carboxylic acids is 1. The molecule has 108 valence electrons. The fourth-order valence-electron chi connectivity index (χ4n) is 2.38. The lowest BCUT2D eigenvalue weighted by atomic mass is 9.81. The van der Waals surface area contributed by atoms with E-state index >= 15 is 0 Å². The van der Waals surface area contributed by atoms with Crippen LogP contribution in [0.4, 0.5) is 4.79 Å². The van der Waals surface area contributed by atoms with Crippen LogP contribution in [0.2, 0.25) is 0 Å². The molecule has 0 bridgehead atoms. The topological polar surface area (TPSA) is 66.8 Å². The van der Waals surface area contributed by atoms with Crippen LogP contribution in [0, 0.1) is 11.3 Å². The Balaban J connectivity index is 1.93. The molecular weight excluding hydrogens is 258 g/mol. The molecule has 1 N–H and O–H groups in total. The number of amides is 1. The third kappa shape index (κ3) is 2.76. The Bertz CT molecular complexity index is 502. The van der Waals surface area contributed by atoms with Crippen LogP contribution in [0.15, 0.2) is 30.3 Å². The molecule has 1 heterocycles. The van der Waals surface area contributed by atoms with Gasteiger partial charge in [-0.2, -0.15) is 0 Å². The number of carbonyl (C=O) groups is 2. The summed E-state index contributed by atoms with van der Waals surface area (Å²) in [6.45, 7) is 4.32. The fraction of sp³-hybridized carbons (Fsp3) is 0.467. The van der Waals surface area contributed by atoms with Gasteiger partial charge < -0.3 is 14.7 Å². The number of nitrogens with zero attached hydrogens (tertiary/aromatic N) is 1. The minimum atomic E-state index is -0.897. The van der Waals surface area contributed by atoms with E-state index in [2.05, 4.69) is 0 Å². The summed E-state index contributed by atoms with van der Waals surface area (Å²) in [7, 11) is 0. The maximum atomic E-state index is 12.0. The summed E-state index contributed by atoms with van der Waals surface area (Å²) >= 11 is 0. The number of hydrogen-bond acceptors (Lipinski definition) is 3. The van der Waals surface area contributed by atoms with E-state index in [0.29, 0.717) is 6.54 Å². The Kier molecular flexibility index (Phi) is 3.97. The molecule has 1 aromatic rings. The van der Waals surface area contributed by atoms with E-state index in [1.807, 2.05) is 37.3 Å². The number of carbonyl (C=O) groups excluding carboxylic acids is 1. The van der Waals surface area contributed by atoms with Gasteiger partial charge in [0.2, 0.25) is 0 Å². The van der Waals surface area contributed by atoms with Gasteiger partial charge in [-0.3, -0.25) is 4.79 Å². The molecule has 5 heteroatoms. The molecule has 1 aromatic carbocycles. The molecule has 1 saturated heterocycles. The summed E-state index contributed by atoms with van der Waals surface area (Å²) in [4.78, 5) is 24.8. The zero-order valence-corrected chi connectivity index (χ0v) is 11.7. The van der Waals surface area contributed by atoms with Crippen LogP contribution in [-0.2, 0) is 16.1 Å². The van der Waals surface area contributed by atoms with Crippen molar-refractivity contribution < 1.29 is 19.4 Å². The third-order valence-corrected chi connectivity index (χ3v) is 4.05. The molecule has 1 fully saturated rings. The second kappa shape index (κ2) is 5.53. The lowest BCUT2D eigenvalue weighted by Gasteiger charge is -2.22. The van der Waals surface area contributed by atoms with Crippen molar-refractivity contribution in [1.29, 1.82) is 0 Å². The summed E-state index contributed by atoms with van der Waals surface area (Å²) in [5, 5.41) is 9.27. The Hall–Kier alpha value is -2.04. The van der Waals surface area contributed by atoms with Crippen LogP contribution >= 0.6 is 0 Å². The van der Waals surface area contributed by atoms with Gasteiger partial charge in [0.25, 0.3) is 0 Å². The highest BCUT2D eigenvalue weighted by molar-refractivity contribution is 5.77. The molecular formula is C15H19NO4. The van der Waals surface area contributed by atoms with Crippen molar-refractivity contribution in [2.75, 3.05) is 13.1 Å². The van der Waals surface area contributed by atoms with Gasteiger partial charge in [0.05, 0.1) is 5.41 Å². The summed E-state index contributed by atoms with van der Waals surface area (Å²) in [6, 6.07) is 9.40. The predicted molar refractivity (Wildman–Crippen MR) is 73.1 cm³/mol. The largest absolute Gasteiger partial charge is 0.481 e. The maximum Gasteiger partial charge on any atom is 0.410 e. The Morgan fingerprint density at radius 2 is 2.05 bits per heavy atom. The molecule has 0 unspecified atom stereocenters. The molecule has 0 radical (unpaired) electrons. The van der Waals surface area contributed by atoms with Crippen molar-refractivity contribution in [1.82, 2.24) is 4.90 Å². The molecule has 2 rings (SSSR count). The molecule has 5 nitrogen and oxygen atoms in total. The number of likely N-dealkylation sites (tertiary alicyclic amines) is 1. The minimum Gasteiger partial charge on any atom is -0.481 e. The Morgan fingerprint density at radius 1 is 1.40 bits per heavy atom. The molecule has 1 aliphatic rings. The first-order valence-electron chi connectivity index (χ1n) is 6.62. The molecule has 1 aliphatic heterocycles. The number of carboxylic acid groups (broad SMARTS) is 1. The summed E-state index contributed by atoms with van der Waals surface area (Å²) < 4.78 is 5.23. The quantitative estimate of drug-likeness (QED) is 0.921. The van der Waals surface area contributed by atoms with Gasteiger partial charge in [0.1, 0.15) is 6.61 Å². The van der Waals surface area contributed by atoms with Crippen LogP contribution in [0.5, 0.6) is 0 Å². The Labute approximate surface area is 118 Å². The Morgan fingerprint density at radius 3 is 2.60 bits per heavy atom. The third-order valence-electron chi connectivity index (χ3n) is 4.05. The second-order valence-electron chi connectivity index (χ2n) is 5.54. The lowest BCUT2D eigenvalue weighted by Crippen LogP contribution is -2.36. The minimum absolute atomic E-state index is 0.0933. The normalized spacial score (nSPS) is 25.5. The monoisotopic (exact) mass is 277 g/mol. The van der Waals surface area contributed by atoms with E-state index in [1.54, 1.807) is 6.92 Å². The van der Waals surface area contributed by atoms with Crippen LogP contribution in [0.1, 0.15) is 19.4 Å². The van der Waals surface area contributed by atoms with E-state index in [0.717, 1.165) is 5.56 Å². The standard InChI is InChI=1S/C15H19NO4/c1-11-8-16(10-15(11,2)13(17)18)14(19)20-9-12-6-4-3-5-7-12/h3-7,11H,8-10H2,1-2H3,(H,17,18)/t11-,15-/m1/s1. The van der Waals surface area contributed by atoms with E-state index < -0.39 is 17.5 Å². The number of aliphatic carboxylic acids is 1. The van der Waals surface area contributed by atoms with Gasteiger partial charge in [-0.15, -0.1) is 0 Å². The van der Waals surface area contributed by atoms with Gasteiger partial charge >= 0.3 is 12.1 Å². The molecule has 0 spiro atoms. The van der Waals surface area contributed by atoms with E-state index in [1.165, 1.54) is 4.90 Å². The predicted octanol–water partition coefficient (Wildman–Crippen LogP) is 2.37. The van der Waals surface area contributed by atoms with Crippen molar-refractivity contribution in [2.45, 2.75) is 20.5 Å². The van der Waals surface area contributed by atoms with Crippen LogP contribution in [-0.4, -0.2) is 35.2 Å². The highest BCUT2D eigenvalue weighted by Gasteiger charge is 2.48. The van der Waals surface area contributed by atoms with Crippen LogP contribution < -0.4 is 0 Å². The van der Waals surface area contributed by atoms with Gasteiger partial charge in [0, 0.05) is 13.1 Å². The molecule has 0 aromatic heterocycles. The van der Waals surface area contributed by atoms with Gasteiger partial charge in [-0.25, -0.2) is 4.79 Å². The van der Waals surface area contributed by atoms with Gasteiger partial charge in [-0.1, -0.05) is 37.3 Å². The van der Waals surface area contributed by atoms with Crippen molar-refractivity contribution in [3.05, 3.63) is 35.9 Å². The highest BCUT2D eigenvalue weighted by Crippen LogP contribution is 2.35. The smallest absolute Gasteiger partial charge is 0.410 e. The zero-order chi connectivity index (χ0) is 14.8. The average molecular weight is 277 g/mol. The highest BCUT2D eigenvalue weighted by atomic mass is 16.6. The first-order chi connectivity index (χ1) is 9.43. The summed E-state index contributed by atoms with van der Waals surface area (Å²) in [5.41, 5.74) is 0.0141. The SMILES string of the molecule is C[C@@H]1CN(C(=O)OCc2ccccc2)C[C@@]1(C)C(=O)O. The van der Waals surface area contributed by atoms with E-state index in [4.69, 9.17) is 4.74 Å². The number of rotatable bonds is 3. The van der Waals surface area contributed by atoms with E-state index in [-0.39, 0.29) is 19.1 Å². The van der Waals surface area contributed by atoms with Gasteiger partial charge in [-0.05, 0) is 18.4 Å². The first kappa shape index (κ1) is 14.4. The van der Waals surface area contributed by atoms with Crippen LogP contribution in [0.3, 0.4) is 0 Å². The van der Waals surface area contributed by atoms with Crippen molar-refractivity contribution in [3.8, 4) is 0 Å². The number of hydrogen-bond donors (Lipinski definition) is 1. The summed E-state index contributed by atoms with van der Waals surface area (Å²) in [6.07, 6.45) is -0.453. The van der Waals surface area contributed by atoms with E-state index in [9.17, 15) is 14.7 Å². The fourth-order valence-corrected chi connectivity index (χ4v) is 2.38. The average Bonchev–Trinajstić information content (AvgIpc) is 2.75. The number of benzene rings is 1. The molecule has 0 saturated carbocycles. The lowest BCUT2D eigenvalue weighted by molar-refractivity contribution is -0.148. The molecule has 2 atom stereocenters. The van der Waals surface area contributed by atoms with Crippen molar-refractivity contribution in [2.24, 2.45) is 11.3 Å². The zero-order valence-electron chi connectivity index (χ0n) is 11.7. The summed E-state index contributed by atoms with van der Waals surface area (Å²) in [5.74, 6) is -0.965. The van der Waals surface area contributed by atoms with Crippen molar-refractivity contribution in [3.63, 3.8) is 0 Å².